The number of pyridine rings is 1. The quantitative estimate of drug-likeness (QED) is 0.246. The normalized spacial score (nSPS) is 12.6. The first-order valence-electron chi connectivity index (χ1n) is 12.8. The monoisotopic (exact) mass is 576 g/mol. The Hall–Kier alpha value is -4.21. The van der Waals surface area contributed by atoms with Crippen LogP contribution in [0.3, 0.4) is 0 Å². The van der Waals surface area contributed by atoms with Crippen LogP contribution in [0.2, 0.25) is 10.0 Å². The van der Waals surface area contributed by atoms with Crippen LogP contribution < -0.4 is 21.5 Å². The Kier molecular flexibility index (Phi) is 8.14. The summed E-state index contributed by atoms with van der Waals surface area (Å²) < 4.78 is 1.28. The number of urea groups is 1. The summed E-state index contributed by atoms with van der Waals surface area (Å²) in [5.41, 5.74) is 3.81. The van der Waals surface area contributed by atoms with Crippen LogP contribution in [0.25, 0.3) is 22.4 Å². The third kappa shape index (κ3) is 6.50. The minimum atomic E-state index is -0.691. The van der Waals surface area contributed by atoms with Crippen molar-refractivity contribution >= 4 is 46.5 Å². The van der Waals surface area contributed by atoms with E-state index in [2.05, 4.69) is 26.0 Å². The van der Waals surface area contributed by atoms with E-state index in [0.29, 0.717) is 24.7 Å². The standard InChI is InChI=1S/C29H26Cl2N6O3/c1-2-37-28(39)25(34-29(40)35-27-22(30)15-32-16-23(27)31)14-24(36-37)20-8-4-7-19(13-20)18-6-3-5-17(11-18)12-26(38)33-21-9-10-21/h3-8,11,13-16,21H,2,9-10,12H2,1H3,(H,33,38)(H2,32,34,35,40). The third-order valence-electron chi connectivity index (χ3n) is 6.34. The van der Waals surface area contributed by atoms with Crippen LogP contribution in [0.15, 0.2) is 71.8 Å². The van der Waals surface area contributed by atoms with Gasteiger partial charge in [-0.25, -0.2) is 9.48 Å². The SMILES string of the molecule is CCn1nc(-c2cccc(-c3cccc(CC(=O)NC4CC4)c3)c2)cc(NC(=O)Nc2c(Cl)cncc2Cl)c1=O. The summed E-state index contributed by atoms with van der Waals surface area (Å²) in [6.07, 6.45) is 5.12. The number of aromatic nitrogens is 3. The van der Waals surface area contributed by atoms with Crippen molar-refractivity contribution in [1.29, 1.82) is 0 Å². The van der Waals surface area contributed by atoms with Crippen LogP contribution >= 0.6 is 23.2 Å². The van der Waals surface area contributed by atoms with Gasteiger partial charge in [0.15, 0.2) is 0 Å². The van der Waals surface area contributed by atoms with E-state index in [1.54, 1.807) is 6.92 Å². The Balaban J connectivity index is 1.40. The van der Waals surface area contributed by atoms with Gasteiger partial charge in [-0.1, -0.05) is 65.7 Å². The molecule has 2 aromatic carbocycles. The minimum Gasteiger partial charge on any atom is -0.353 e. The lowest BCUT2D eigenvalue weighted by Crippen LogP contribution is -2.29. The molecule has 1 aliphatic carbocycles. The average molecular weight is 577 g/mol. The highest BCUT2D eigenvalue weighted by Crippen LogP contribution is 2.29. The highest BCUT2D eigenvalue weighted by molar-refractivity contribution is 6.39. The van der Waals surface area contributed by atoms with Crippen LogP contribution in [-0.2, 0) is 17.8 Å². The number of halogens is 2. The van der Waals surface area contributed by atoms with Crippen molar-refractivity contribution in [3.63, 3.8) is 0 Å². The van der Waals surface area contributed by atoms with Crippen LogP contribution in [0.1, 0.15) is 25.3 Å². The second-order valence-electron chi connectivity index (χ2n) is 9.42. The van der Waals surface area contributed by atoms with Gasteiger partial charge in [0.1, 0.15) is 5.69 Å². The van der Waals surface area contributed by atoms with Gasteiger partial charge in [0.2, 0.25) is 5.91 Å². The second-order valence-corrected chi connectivity index (χ2v) is 10.2. The summed E-state index contributed by atoms with van der Waals surface area (Å²) in [6.45, 7) is 2.09. The zero-order valence-corrected chi connectivity index (χ0v) is 23.1. The smallest absolute Gasteiger partial charge is 0.323 e. The molecule has 0 aliphatic heterocycles. The number of rotatable bonds is 8. The van der Waals surface area contributed by atoms with Gasteiger partial charge in [-0.05, 0) is 48.6 Å². The number of anilines is 2. The minimum absolute atomic E-state index is 0.0250. The molecule has 204 valence electrons. The van der Waals surface area contributed by atoms with Gasteiger partial charge in [-0.2, -0.15) is 5.10 Å². The molecule has 9 nitrogen and oxygen atoms in total. The molecule has 0 atom stereocenters. The van der Waals surface area contributed by atoms with Gasteiger partial charge in [0.05, 0.1) is 27.8 Å². The van der Waals surface area contributed by atoms with Crippen molar-refractivity contribution in [2.45, 2.75) is 38.8 Å². The lowest BCUT2D eigenvalue weighted by atomic mass is 9.99. The molecule has 1 fully saturated rings. The van der Waals surface area contributed by atoms with Crippen LogP contribution in [0.4, 0.5) is 16.2 Å². The molecule has 0 unspecified atom stereocenters. The van der Waals surface area contributed by atoms with Crippen molar-refractivity contribution in [3.8, 4) is 22.4 Å². The molecule has 0 spiro atoms. The van der Waals surface area contributed by atoms with Gasteiger partial charge >= 0.3 is 6.03 Å². The van der Waals surface area contributed by atoms with Crippen molar-refractivity contribution in [2.75, 3.05) is 10.6 Å². The van der Waals surface area contributed by atoms with E-state index >= 15 is 0 Å². The van der Waals surface area contributed by atoms with E-state index in [0.717, 1.165) is 35.1 Å². The number of benzene rings is 2. The Morgan fingerprint density at radius 3 is 2.33 bits per heavy atom. The summed E-state index contributed by atoms with van der Waals surface area (Å²) in [4.78, 5) is 41.8. The lowest BCUT2D eigenvalue weighted by molar-refractivity contribution is -0.120. The fraction of sp³-hybridized carbons (Fsp3) is 0.207. The predicted molar refractivity (Wildman–Crippen MR) is 157 cm³/mol. The van der Waals surface area contributed by atoms with E-state index in [9.17, 15) is 14.4 Å². The molecule has 0 radical (unpaired) electrons. The van der Waals surface area contributed by atoms with Crippen molar-refractivity contribution in [3.05, 3.63) is 93.0 Å². The summed E-state index contributed by atoms with van der Waals surface area (Å²) in [5, 5.41) is 13.0. The molecule has 0 saturated heterocycles. The topological polar surface area (TPSA) is 118 Å². The molecule has 2 aromatic heterocycles. The highest BCUT2D eigenvalue weighted by Gasteiger charge is 2.23. The van der Waals surface area contributed by atoms with E-state index in [1.807, 2.05) is 48.5 Å². The van der Waals surface area contributed by atoms with Crippen molar-refractivity contribution < 1.29 is 9.59 Å². The number of hydrogen-bond donors (Lipinski definition) is 3. The van der Waals surface area contributed by atoms with Gasteiger partial charge in [-0.3, -0.25) is 14.6 Å². The van der Waals surface area contributed by atoms with E-state index in [1.165, 1.54) is 23.1 Å². The maximum Gasteiger partial charge on any atom is 0.323 e. The fourth-order valence-electron chi connectivity index (χ4n) is 4.20. The first-order valence-corrected chi connectivity index (χ1v) is 13.5. The van der Waals surface area contributed by atoms with E-state index in [-0.39, 0.29) is 27.3 Å². The molecule has 11 heteroatoms. The van der Waals surface area contributed by atoms with Crippen molar-refractivity contribution in [2.24, 2.45) is 0 Å². The molecule has 0 bridgehead atoms. The van der Waals surface area contributed by atoms with Crippen LogP contribution in [0, 0.1) is 0 Å². The molecule has 4 aromatic rings. The zero-order valence-electron chi connectivity index (χ0n) is 21.6. The molecule has 1 saturated carbocycles. The van der Waals surface area contributed by atoms with Crippen molar-refractivity contribution in [1.82, 2.24) is 20.1 Å². The summed E-state index contributed by atoms with van der Waals surface area (Å²) in [7, 11) is 0. The number of amides is 3. The first-order chi connectivity index (χ1) is 19.3. The van der Waals surface area contributed by atoms with E-state index < -0.39 is 11.6 Å². The molecule has 1 aliphatic rings. The maximum absolute atomic E-state index is 13.0. The van der Waals surface area contributed by atoms with Crippen LogP contribution in [-0.4, -0.2) is 32.7 Å². The number of aryl methyl sites for hydroxylation is 1. The number of carbonyl (C=O) groups is 2. The van der Waals surface area contributed by atoms with Gasteiger partial charge in [-0.15, -0.1) is 0 Å². The van der Waals surface area contributed by atoms with Gasteiger partial charge < -0.3 is 16.0 Å². The molecule has 3 amide bonds. The fourth-order valence-corrected chi connectivity index (χ4v) is 4.65. The summed E-state index contributed by atoms with van der Waals surface area (Å²) in [6, 6.07) is 16.7. The number of hydrogen-bond acceptors (Lipinski definition) is 5. The maximum atomic E-state index is 13.0. The lowest BCUT2D eigenvalue weighted by Gasteiger charge is -2.13. The Morgan fingerprint density at radius 2 is 1.62 bits per heavy atom. The first kappa shape index (κ1) is 27.4. The molecule has 3 N–H and O–H groups in total. The number of nitrogens with zero attached hydrogens (tertiary/aromatic N) is 3. The largest absolute Gasteiger partial charge is 0.353 e. The zero-order chi connectivity index (χ0) is 28.2. The Bertz CT molecular complexity index is 1630. The highest BCUT2D eigenvalue weighted by atomic mass is 35.5. The summed E-state index contributed by atoms with van der Waals surface area (Å²) in [5.74, 6) is 0.0250. The number of carbonyl (C=O) groups excluding carboxylic acids is 2. The van der Waals surface area contributed by atoms with Gasteiger partial charge in [0.25, 0.3) is 5.56 Å². The molecular weight excluding hydrogens is 551 g/mol. The molecule has 40 heavy (non-hydrogen) atoms. The second kappa shape index (κ2) is 11.9. The predicted octanol–water partition coefficient (Wildman–Crippen LogP) is 5.76. The average Bonchev–Trinajstić information content (AvgIpc) is 3.76. The molecule has 2 heterocycles. The Labute approximate surface area is 240 Å². The third-order valence-corrected chi connectivity index (χ3v) is 6.91. The summed E-state index contributed by atoms with van der Waals surface area (Å²) >= 11 is 12.2. The van der Waals surface area contributed by atoms with E-state index in [4.69, 9.17) is 23.2 Å². The Morgan fingerprint density at radius 1 is 0.950 bits per heavy atom. The molecular formula is C29H26Cl2N6O3. The van der Waals surface area contributed by atoms with Gasteiger partial charge in [0, 0.05) is 30.5 Å². The number of nitrogens with one attached hydrogen (secondary N) is 3. The van der Waals surface area contributed by atoms with Crippen LogP contribution in [0.5, 0.6) is 0 Å². The molecule has 5 rings (SSSR count).